The molecule has 39 heavy (non-hydrogen) atoms. The van der Waals surface area contributed by atoms with Crippen molar-refractivity contribution in [2.45, 2.75) is 69.4 Å². The molecule has 8 nitrogen and oxygen atoms in total. The number of hydrogen-bond acceptors (Lipinski definition) is 6. The first-order valence-corrected chi connectivity index (χ1v) is 12.9. The second kappa shape index (κ2) is 10.3. The molecule has 2 saturated heterocycles. The molecular weight excluding hydrogens is 511 g/mol. The number of pyridine rings is 2. The molecule has 0 spiro atoms. The first kappa shape index (κ1) is 26.7. The van der Waals surface area contributed by atoms with Gasteiger partial charge in [-0.05, 0) is 69.2 Å². The molecule has 5 rings (SSSR count). The fourth-order valence-electron chi connectivity index (χ4n) is 5.45. The number of rotatable bonds is 7. The number of carbonyl (C=O) groups is 2. The van der Waals surface area contributed by atoms with Crippen molar-refractivity contribution in [2.75, 3.05) is 11.4 Å². The SMILES string of the molecule is CC(C)(Oc1nccc2ccccc12)C(=O)NC1C[C@H]2CC[C@@H](C1)N2c1ccc(C(=O)NCC(F)(F)F)cn1. The molecule has 206 valence electrons. The highest BCUT2D eigenvalue weighted by atomic mass is 19.4. The van der Waals surface area contributed by atoms with E-state index < -0.39 is 24.2 Å². The fraction of sp³-hybridized carbons (Fsp3) is 0.429. The van der Waals surface area contributed by atoms with E-state index in [-0.39, 0.29) is 29.6 Å². The van der Waals surface area contributed by atoms with E-state index in [0.29, 0.717) is 11.7 Å². The third-order valence-corrected chi connectivity index (χ3v) is 7.33. The van der Waals surface area contributed by atoms with Crippen LogP contribution < -0.4 is 20.3 Å². The lowest BCUT2D eigenvalue weighted by Crippen LogP contribution is -2.55. The summed E-state index contributed by atoms with van der Waals surface area (Å²) in [4.78, 5) is 36.2. The summed E-state index contributed by atoms with van der Waals surface area (Å²) >= 11 is 0. The Morgan fingerprint density at radius 2 is 1.74 bits per heavy atom. The number of benzene rings is 1. The lowest BCUT2D eigenvalue weighted by atomic mass is 9.96. The number of alkyl halides is 3. The van der Waals surface area contributed by atoms with E-state index in [9.17, 15) is 22.8 Å². The molecule has 1 aromatic carbocycles. The minimum absolute atomic E-state index is 0.0398. The van der Waals surface area contributed by atoms with E-state index in [1.807, 2.05) is 35.6 Å². The van der Waals surface area contributed by atoms with Crippen LogP contribution in [0.2, 0.25) is 0 Å². The van der Waals surface area contributed by atoms with Crippen molar-refractivity contribution in [3.8, 4) is 5.88 Å². The number of carbonyl (C=O) groups excluding carboxylic acids is 2. The number of ether oxygens (including phenoxy) is 1. The number of halogens is 3. The topological polar surface area (TPSA) is 96.5 Å². The van der Waals surface area contributed by atoms with Gasteiger partial charge in [0.15, 0.2) is 5.60 Å². The van der Waals surface area contributed by atoms with Gasteiger partial charge in [0.2, 0.25) is 5.88 Å². The molecule has 3 atom stereocenters. The van der Waals surface area contributed by atoms with Crippen LogP contribution in [0.15, 0.2) is 54.9 Å². The Labute approximate surface area is 223 Å². The zero-order valence-electron chi connectivity index (χ0n) is 21.7. The monoisotopic (exact) mass is 541 g/mol. The van der Waals surface area contributed by atoms with Gasteiger partial charge in [-0.25, -0.2) is 9.97 Å². The van der Waals surface area contributed by atoms with Crippen molar-refractivity contribution in [3.05, 3.63) is 60.4 Å². The highest BCUT2D eigenvalue weighted by Gasteiger charge is 2.43. The molecule has 0 saturated carbocycles. The van der Waals surface area contributed by atoms with Crippen LogP contribution in [-0.2, 0) is 4.79 Å². The number of piperidine rings is 1. The molecule has 0 radical (unpaired) electrons. The molecule has 2 aliphatic heterocycles. The van der Waals surface area contributed by atoms with Gasteiger partial charge in [-0.2, -0.15) is 13.2 Å². The second-order valence-electron chi connectivity index (χ2n) is 10.6. The fourth-order valence-corrected chi connectivity index (χ4v) is 5.45. The van der Waals surface area contributed by atoms with Gasteiger partial charge >= 0.3 is 6.18 Å². The van der Waals surface area contributed by atoms with E-state index in [4.69, 9.17) is 4.74 Å². The Bertz CT molecular complexity index is 1340. The van der Waals surface area contributed by atoms with Crippen LogP contribution in [0.4, 0.5) is 19.0 Å². The lowest BCUT2D eigenvalue weighted by molar-refractivity contribution is -0.135. The van der Waals surface area contributed by atoms with Crippen LogP contribution in [0, 0.1) is 0 Å². The number of nitrogens with one attached hydrogen (secondary N) is 2. The van der Waals surface area contributed by atoms with E-state index in [1.165, 1.54) is 12.3 Å². The van der Waals surface area contributed by atoms with Crippen LogP contribution >= 0.6 is 0 Å². The molecule has 1 unspecified atom stereocenters. The summed E-state index contributed by atoms with van der Waals surface area (Å²) in [5.74, 6) is 0.0387. The largest absolute Gasteiger partial charge is 0.461 e. The number of aromatic nitrogens is 2. The standard InChI is InChI=1S/C28H30F3N5O3/c1-27(2,39-25-22-6-4-3-5-17(22)11-12-32-25)26(38)35-19-13-20-8-9-21(14-19)36(20)23-10-7-18(15-33-23)24(37)34-16-28(29,30)31/h3-7,10-12,15,19-21H,8-9,13-14,16H2,1-2H3,(H,34,37)(H,35,38)/t19?,20-,21+. The van der Waals surface area contributed by atoms with Gasteiger partial charge in [0.05, 0.1) is 5.56 Å². The van der Waals surface area contributed by atoms with E-state index >= 15 is 0 Å². The zero-order valence-corrected chi connectivity index (χ0v) is 21.7. The van der Waals surface area contributed by atoms with Gasteiger partial charge in [0.25, 0.3) is 11.8 Å². The van der Waals surface area contributed by atoms with Crippen LogP contribution in [-0.4, -0.2) is 58.2 Å². The average Bonchev–Trinajstić information content (AvgIpc) is 3.17. The number of hydrogen-bond donors (Lipinski definition) is 2. The number of fused-ring (bicyclic) bond motifs is 3. The summed E-state index contributed by atoms with van der Waals surface area (Å²) in [6.07, 6.45) is 1.81. The van der Waals surface area contributed by atoms with Crippen molar-refractivity contribution in [1.29, 1.82) is 0 Å². The first-order chi connectivity index (χ1) is 18.5. The van der Waals surface area contributed by atoms with E-state index in [0.717, 1.165) is 36.5 Å². The summed E-state index contributed by atoms with van der Waals surface area (Å²) in [6, 6.07) is 13.0. The number of nitrogens with zero attached hydrogens (tertiary/aromatic N) is 3. The van der Waals surface area contributed by atoms with E-state index in [2.05, 4.69) is 20.2 Å². The van der Waals surface area contributed by atoms with Crippen molar-refractivity contribution in [2.24, 2.45) is 0 Å². The highest BCUT2D eigenvalue weighted by molar-refractivity contribution is 5.94. The van der Waals surface area contributed by atoms with Crippen LogP contribution in [0.5, 0.6) is 5.88 Å². The predicted molar refractivity (Wildman–Crippen MR) is 140 cm³/mol. The van der Waals surface area contributed by atoms with E-state index in [1.54, 1.807) is 26.1 Å². The van der Waals surface area contributed by atoms with Crippen LogP contribution in [0.3, 0.4) is 0 Å². The van der Waals surface area contributed by atoms with Gasteiger partial charge in [0.1, 0.15) is 12.4 Å². The smallest absolute Gasteiger partial charge is 0.405 e. The lowest BCUT2D eigenvalue weighted by Gasteiger charge is -2.40. The number of anilines is 1. The summed E-state index contributed by atoms with van der Waals surface area (Å²) in [6.45, 7) is 2.06. The van der Waals surface area contributed by atoms with Gasteiger partial charge in [-0.15, -0.1) is 0 Å². The Morgan fingerprint density at radius 1 is 1.03 bits per heavy atom. The summed E-state index contributed by atoms with van der Waals surface area (Å²) in [5.41, 5.74) is -1.07. The van der Waals surface area contributed by atoms with Gasteiger partial charge < -0.3 is 20.3 Å². The molecule has 3 aromatic rings. The molecule has 2 aliphatic rings. The predicted octanol–water partition coefficient (Wildman–Crippen LogP) is 4.40. The third-order valence-electron chi connectivity index (χ3n) is 7.33. The first-order valence-electron chi connectivity index (χ1n) is 12.9. The Balaban J connectivity index is 1.20. The van der Waals surface area contributed by atoms with Crippen molar-refractivity contribution < 1.29 is 27.5 Å². The molecule has 0 aliphatic carbocycles. The zero-order chi connectivity index (χ0) is 27.8. The third kappa shape index (κ3) is 5.91. The molecule has 2 N–H and O–H groups in total. The van der Waals surface area contributed by atoms with Crippen LogP contribution in [0.25, 0.3) is 10.8 Å². The summed E-state index contributed by atoms with van der Waals surface area (Å²) < 4.78 is 43.3. The molecule has 2 fully saturated rings. The molecule has 2 amide bonds. The van der Waals surface area contributed by atoms with Crippen molar-refractivity contribution in [1.82, 2.24) is 20.6 Å². The quantitative estimate of drug-likeness (QED) is 0.461. The molecule has 2 bridgehead atoms. The maximum atomic E-state index is 13.3. The Morgan fingerprint density at radius 3 is 2.41 bits per heavy atom. The Hall–Kier alpha value is -3.89. The van der Waals surface area contributed by atoms with Crippen molar-refractivity contribution in [3.63, 3.8) is 0 Å². The summed E-state index contributed by atoms with van der Waals surface area (Å²) in [7, 11) is 0. The van der Waals surface area contributed by atoms with Crippen LogP contribution in [0.1, 0.15) is 49.9 Å². The highest BCUT2D eigenvalue weighted by Crippen LogP contribution is 2.39. The minimum atomic E-state index is -4.48. The molecule has 2 aromatic heterocycles. The maximum absolute atomic E-state index is 13.3. The molecular formula is C28H30F3N5O3. The average molecular weight is 542 g/mol. The number of amides is 2. The van der Waals surface area contributed by atoms with Gasteiger partial charge in [0, 0.05) is 35.9 Å². The molecule has 11 heteroatoms. The Kier molecular flexibility index (Phi) is 7.09. The maximum Gasteiger partial charge on any atom is 0.405 e. The minimum Gasteiger partial charge on any atom is -0.461 e. The normalized spacial score (nSPS) is 21.1. The van der Waals surface area contributed by atoms with Gasteiger partial charge in [-0.1, -0.05) is 18.2 Å². The van der Waals surface area contributed by atoms with Crippen molar-refractivity contribution >= 4 is 28.4 Å². The summed E-state index contributed by atoms with van der Waals surface area (Å²) in [5, 5.41) is 6.84. The van der Waals surface area contributed by atoms with Gasteiger partial charge in [-0.3, -0.25) is 9.59 Å². The second-order valence-corrected chi connectivity index (χ2v) is 10.6. The molecule has 4 heterocycles.